The highest BCUT2D eigenvalue weighted by atomic mass is 32.1. The first kappa shape index (κ1) is 15.0. The van der Waals surface area contributed by atoms with Crippen molar-refractivity contribution in [2.45, 2.75) is 26.9 Å². The summed E-state index contributed by atoms with van der Waals surface area (Å²) in [6.45, 7) is 5.90. The van der Waals surface area contributed by atoms with Gasteiger partial charge in [0.1, 0.15) is 18.7 Å². The second kappa shape index (κ2) is 6.07. The highest BCUT2D eigenvalue weighted by molar-refractivity contribution is 7.09. The lowest BCUT2D eigenvalue weighted by Crippen LogP contribution is -3.06. The molecule has 0 bridgehead atoms. The summed E-state index contributed by atoms with van der Waals surface area (Å²) in [5, 5.41) is 3.15. The molecule has 3 aromatic rings. The number of hydrogen-bond donors (Lipinski definition) is 1. The van der Waals surface area contributed by atoms with Crippen molar-refractivity contribution in [3.63, 3.8) is 0 Å². The van der Waals surface area contributed by atoms with Gasteiger partial charge in [-0.05, 0) is 48.6 Å². The van der Waals surface area contributed by atoms with E-state index in [4.69, 9.17) is 4.42 Å². The molecule has 0 saturated carbocycles. The van der Waals surface area contributed by atoms with Gasteiger partial charge >= 0.3 is 5.63 Å². The Morgan fingerprint density at radius 2 is 1.91 bits per heavy atom. The molecule has 1 atom stereocenters. The number of fused-ring (bicyclic) bond motifs is 1. The summed E-state index contributed by atoms with van der Waals surface area (Å²) in [4.78, 5) is 14.5. The third kappa shape index (κ3) is 3.13. The molecule has 0 radical (unpaired) electrons. The number of rotatable bonds is 4. The molecule has 4 heteroatoms. The minimum absolute atomic E-state index is 0.269. The zero-order valence-corrected chi connectivity index (χ0v) is 13.9. The average Bonchev–Trinajstić information content (AvgIpc) is 2.93. The van der Waals surface area contributed by atoms with E-state index < -0.39 is 0 Å². The largest absolute Gasteiger partial charge is 0.423 e. The van der Waals surface area contributed by atoms with E-state index in [1.165, 1.54) is 15.3 Å². The summed E-state index contributed by atoms with van der Waals surface area (Å²) >= 11 is 1.77. The molecular weight excluding hydrogens is 294 g/mol. The normalized spacial score (nSPS) is 12.7. The fourth-order valence-corrected chi connectivity index (χ4v) is 3.55. The van der Waals surface area contributed by atoms with Gasteiger partial charge in [0.25, 0.3) is 0 Å². The van der Waals surface area contributed by atoms with Crippen LogP contribution in [0.2, 0.25) is 0 Å². The Morgan fingerprint density at radius 3 is 2.64 bits per heavy atom. The van der Waals surface area contributed by atoms with Crippen molar-refractivity contribution in [3.8, 4) is 0 Å². The maximum atomic E-state index is 11.8. The Labute approximate surface area is 133 Å². The van der Waals surface area contributed by atoms with Crippen molar-refractivity contribution in [2.24, 2.45) is 0 Å². The number of nitrogens with one attached hydrogen (secondary N) is 1. The number of benzene rings is 1. The quantitative estimate of drug-likeness (QED) is 0.751. The maximum Gasteiger partial charge on any atom is 0.336 e. The van der Waals surface area contributed by atoms with Crippen LogP contribution < -0.4 is 10.5 Å². The highest BCUT2D eigenvalue weighted by Crippen LogP contribution is 2.21. The zero-order valence-electron chi connectivity index (χ0n) is 13.1. The number of hydrogen-bond acceptors (Lipinski definition) is 3. The second-order valence-corrected chi connectivity index (χ2v) is 6.95. The van der Waals surface area contributed by atoms with Crippen molar-refractivity contribution in [3.05, 3.63) is 67.7 Å². The molecule has 1 unspecified atom stereocenters. The Balaban J connectivity index is 1.95. The van der Waals surface area contributed by atoms with Crippen LogP contribution in [0, 0.1) is 13.8 Å². The lowest BCUT2D eigenvalue weighted by molar-refractivity contribution is -0.907. The number of aryl methyl sites for hydroxylation is 2. The summed E-state index contributed by atoms with van der Waals surface area (Å²) in [6, 6.07) is 9.95. The minimum Gasteiger partial charge on any atom is -0.423 e. The van der Waals surface area contributed by atoms with Gasteiger partial charge in [-0.15, -0.1) is 11.3 Å². The van der Waals surface area contributed by atoms with Gasteiger partial charge < -0.3 is 9.32 Å². The van der Waals surface area contributed by atoms with Gasteiger partial charge in [0.2, 0.25) is 0 Å². The van der Waals surface area contributed by atoms with E-state index in [9.17, 15) is 4.79 Å². The molecule has 0 spiro atoms. The molecule has 0 amide bonds. The summed E-state index contributed by atoms with van der Waals surface area (Å²) in [7, 11) is 2.15. The molecule has 3 nitrogen and oxygen atoms in total. The van der Waals surface area contributed by atoms with Crippen molar-refractivity contribution < 1.29 is 9.32 Å². The first-order chi connectivity index (χ1) is 10.5. The van der Waals surface area contributed by atoms with Gasteiger partial charge in [-0.3, -0.25) is 0 Å². The van der Waals surface area contributed by atoms with E-state index in [1.807, 2.05) is 13.0 Å². The van der Waals surface area contributed by atoms with E-state index in [0.29, 0.717) is 5.58 Å². The lowest BCUT2D eigenvalue weighted by atomic mass is 10.0. The molecule has 1 N–H and O–H groups in total. The summed E-state index contributed by atoms with van der Waals surface area (Å²) in [5.41, 5.74) is 3.85. The molecule has 0 fully saturated rings. The van der Waals surface area contributed by atoms with Gasteiger partial charge in [-0.1, -0.05) is 6.07 Å². The smallest absolute Gasteiger partial charge is 0.336 e. The lowest BCUT2D eigenvalue weighted by Gasteiger charge is -2.14. The predicted octanol–water partition coefficient (Wildman–Crippen LogP) is 2.69. The van der Waals surface area contributed by atoms with Gasteiger partial charge in [0.15, 0.2) is 0 Å². The van der Waals surface area contributed by atoms with Crippen molar-refractivity contribution in [1.29, 1.82) is 0 Å². The SMILES string of the molecule is Cc1cc2oc(=O)cc(C[NH+](C)Cc3cccs3)c2cc1C. The molecule has 0 saturated heterocycles. The molecule has 1 aromatic carbocycles. The number of thiophene rings is 1. The van der Waals surface area contributed by atoms with Gasteiger partial charge in [-0.25, -0.2) is 4.79 Å². The molecule has 114 valence electrons. The van der Waals surface area contributed by atoms with Crippen LogP contribution in [0.25, 0.3) is 11.0 Å². The Morgan fingerprint density at radius 1 is 1.14 bits per heavy atom. The van der Waals surface area contributed by atoms with Crippen LogP contribution >= 0.6 is 11.3 Å². The Kier molecular flexibility index (Phi) is 4.14. The summed E-state index contributed by atoms with van der Waals surface area (Å²) in [6.07, 6.45) is 0. The van der Waals surface area contributed by atoms with Gasteiger partial charge in [-0.2, -0.15) is 0 Å². The first-order valence-corrected chi connectivity index (χ1v) is 8.28. The van der Waals surface area contributed by atoms with E-state index in [-0.39, 0.29) is 5.63 Å². The monoisotopic (exact) mass is 314 g/mol. The molecule has 2 aromatic heterocycles. The first-order valence-electron chi connectivity index (χ1n) is 7.40. The van der Waals surface area contributed by atoms with Gasteiger partial charge in [0.05, 0.1) is 11.9 Å². The maximum absolute atomic E-state index is 11.8. The van der Waals surface area contributed by atoms with Crippen molar-refractivity contribution in [2.75, 3.05) is 7.05 Å². The highest BCUT2D eigenvalue weighted by Gasteiger charge is 2.12. The van der Waals surface area contributed by atoms with Crippen molar-refractivity contribution >= 4 is 22.3 Å². The topological polar surface area (TPSA) is 34.6 Å². The van der Waals surface area contributed by atoms with E-state index in [1.54, 1.807) is 17.4 Å². The van der Waals surface area contributed by atoms with Crippen molar-refractivity contribution in [1.82, 2.24) is 0 Å². The van der Waals surface area contributed by atoms with E-state index in [2.05, 4.69) is 37.6 Å². The minimum atomic E-state index is -0.269. The Hall–Kier alpha value is -1.91. The molecule has 2 heterocycles. The van der Waals surface area contributed by atoms with Crippen LogP contribution in [0.15, 0.2) is 44.9 Å². The molecule has 3 rings (SSSR count). The molecule has 0 aliphatic carbocycles. The summed E-state index contributed by atoms with van der Waals surface area (Å²) < 4.78 is 5.36. The van der Waals surface area contributed by atoms with Crippen LogP contribution in [-0.2, 0) is 13.1 Å². The molecule has 0 aliphatic rings. The summed E-state index contributed by atoms with van der Waals surface area (Å²) in [5.74, 6) is 0. The molecule has 0 aliphatic heterocycles. The van der Waals surface area contributed by atoms with Crippen LogP contribution in [0.5, 0.6) is 0 Å². The molecule has 22 heavy (non-hydrogen) atoms. The molecular formula is C18H20NO2S+. The average molecular weight is 314 g/mol. The van der Waals surface area contributed by atoms with Gasteiger partial charge in [0, 0.05) is 17.0 Å². The zero-order chi connectivity index (χ0) is 15.7. The van der Waals surface area contributed by atoms with Crippen LogP contribution in [-0.4, -0.2) is 7.05 Å². The van der Waals surface area contributed by atoms with Crippen LogP contribution in [0.1, 0.15) is 21.6 Å². The second-order valence-electron chi connectivity index (χ2n) is 5.91. The Bertz CT molecular complexity index is 849. The van der Waals surface area contributed by atoms with Crippen LogP contribution in [0.3, 0.4) is 0 Å². The third-order valence-corrected chi connectivity index (χ3v) is 4.87. The fourth-order valence-electron chi connectivity index (χ4n) is 2.73. The van der Waals surface area contributed by atoms with E-state index in [0.717, 1.165) is 29.6 Å². The fraction of sp³-hybridized carbons (Fsp3) is 0.278. The predicted molar refractivity (Wildman–Crippen MR) is 90.6 cm³/mol. The van der Waals surface area contributed by atoms with E-state index >= 15 is 0 Å². The number of quaternary nitrogens is 1. The standard InChI is InChI=1S/C18H19NO2S/c1-12-7-16-14(9-18(20)21-17(16)8-13(12)2)10-19(3)11-15-5-4-6-22-15/h4-9H,10-11H2,1-3H3/p+1. The third-order valence-electron chi connectivity index (χ3n) is 3.99. The van der Waals surface area contributed by atoms with Crippen LogP contribution in [0.4, 0.5) is 0 Å².